The molecule has 106 valence electrons. The molecule has 0 aliphatic carbocycles. The molecule has 0 radical (unpaired) electrons. The lowest BCUT2D eigenvalue weighted by atomic mass is 10.0. The number of nitrogen functional groups attached to an aromatic ring is 1. The Morgan fingerprint density at radius 3 is 2.81 bits per heavy atom. The number of ketones is 1. The van der Waals surface area contributed by atoms with E-state index >= 15 is 0 Å². The van der Waals surface area contributed by atoms with Gasteiger partial charge < -0.3 is 15.5 Å². The molecule has 3 N–H and O–H groups in total. The van der Waals surface area contributed by atoms with E-state index in [9.17, 15) is 4.79 Å². The van der Waals surface area contributed by atoms with Gasteiger partial charge in [0.1, 0.15) is 5.75 Å². The molecule has 21 heavy (non-hydrogen) atoms. The summed E-state index contributed by atoms with van der Waals surface area (Å²) in [6, 6.07) is 10.4. The second-order valence-corrected chi connectivity index (χ2v) is 5.06. The molecular weight excluding hydrogens is 288 g/mol. The van der Waals surface area contributed by atoms with Crippen LogP contribution in [-0.2, 0) is 0 Å². The van der Waals surface area contributed by atoms with E-state index in [0.29, 0.717) is 27.6 Å². The first kappa shape index (κ1) is 13.5. The number of carbonyl (C=O) groups excluding carboxylic acids is 1. The van der Waals surface area contributed by atoms with Crippen LogP contribution in [0.5, 0.6) is 5.75 Å². The molecule has 0 unspecified atom stereocenters. The summed E-state index contributed by atoms with van der Waals surface area (Å²) < 4.78 is 5.34. The zero-order valence-corrected chi connectivity index (χ0v) is 12.1. The molecular formula is C16H13ClN2O2. The maximum atomic E-state index is 12.7. The quantitative estimate of drug-likeness (QED) is 0.573. The molecule has 0 fully saturated rings. The van der Waals surface area contributed by atoms with Crippen LogP contribution in [0.2, 0.25) is 5.02 Å². The van der Waals surface area contributed by atoms with Gasteiger partial charge in [0, 0.05) is 17.3 Å². The van der Waals surface area contributed by atoms with Gasteiger partial charge in [-0.3, -0.25) is 4.79 Å². The van der Waals surface area contributed by atoms with Gasteiger partial charge in [-0.1, -0.05) is 17.7 Å². The summed E-state index contributed by atoms with van der Waals surface area (Å²) in [5.41, 5.74) is 8.03. The monoisotopic (exact) mass is 300 g/mol. The number of aromatic amines is 1. The zero-order chi connectivity index (χ0) is 15.0. The number of nitrogens with one attached hydrogen (secondary N) is 1. The average Bonchev–Trinajstić information content (AvgIpc) is 2.93. The number of hydrogen-bond acceptors (Lipinski definition) is 3. The molecule has 0 aliphatic rings. The van der Waals surface area contributed by atoms with Crippen molar-refractivity contribution in [3.8, 4) is 5.75 Å². The molecule has 3 rings (SSSR count). The molecule has 1 heterocycles. The second kappa shape index (κ2) is 5.14. The lowest BCUT2D eigenvalue weighted by Crippen LogP contribution is -2.02. The first-order valence-corrected chi connectivity index (χ1v) is 6.73. The Bertz CT molecular complexity index is 839. The molecule has 2 aromatic carbocycles. The Balaban J connectivity index is 2.15. The first-order chi connectivity index (χ1) is 10.1. The van der Waals surface area contributed by atoms with Crippen LogP contribution in [-0.4, -0.2) is 17.9 Å². The lowest BCUT2D eigenvalue weighted by Gasteiger charge is -2.05. The molecule has 0 saturated carbocycles. The van der Waals surface area contributed by atoms with Crippen molar-refractivity contribution >= 4 is 34.0 Å². The maximum Gasteiger partial charge on any atom is 0.195 e. The number of methoxy groups -OCH3 is 1. The lowest BCUT2D eigenvalue weighted by molar-refractivity contribution is 0.104. The van der Waals surface area contributed by atoms with E-state index in [4.69, 9.17) is 22.1 Å². The van der Waals surface area contributed by atoms with Gasteiger partial charge in [0.25, 0.3) is 0 Å². The SMILES string of the molecule is COc1cccc2[nH]cc(C(=O)c3ccc(Cl)c(N)c3)c12. The number of benzene rings is 2. The van der Waals surface area contributed by atoms with E-state index in [0.717, 1.165) is 10.9 Å². The van der Waals surface area contributed by atoms with E-state index < -0.39 is 0 Å². The van der Waals surface area contributed by atoms with Crippen LogP contribution < -0.4 is 10.5 Å². The Hall–Kier alpha value is -2.46. The third kappa shape index (κ3) is 2.23. The number of fused-ring (bicyclic) bond motifs is 1. The number of rotatable bonds is 3. The van der Waals surface area contributed by atoms with Crippen LogP contribution in [0.15, 0.2) is 42.6 Å². The number of nitrogens with two attached hydrogens (primary N) is 1. The van der Waals surface area contributed by atoms with Gasteiger partial charge in [-0.25, -0.2) is 0 Å². The highest BCUT2D eigenvalue weighted by Crippen LogP contribution is 2.30. The topological polar surface area (TPSA) is 68.1 Å². The highest BCUT2D eigenvalue weighted by atomic mass is 35.5. The van der Waals surface area contributed by atoms with Crippen LogP contribution in [0.1, 0.15) is 15.9 Å². The van der Waals surface area contributed by atoms with Gasteiger partial charge in [0.2, 0.25) is 0 Å². The highest BCUT2D eigenvalue weighted by Gasteiger charge is 2.17. The number of halogens is 1. The molecule has 3 aromatic rings. The normalized spacial score (nSPS) is 10.8. The van der Waals surface area contributed by atoms with E-state index in [-0.39, 0.29) is 5.78 Å². The number of ether oxygens (including phenoxy) is 1. The number of anilines is 1. The van der Waals surface area contributed by atoms with Gasteiger partial charge in [-0.05, 0) is 30.3 Å². The Labute approximate surface area is 126 Å². The fourth-order valence-corrected chi connectivity index (χ4v) is 2.46. The number of hydrogen-bond donors (Lipinski definition) is 2. The van der Waals surface area contributed by atoms with E-state index in [1.807, 2.05) is 18.2 Å². The standard InChI is InChI=1S/C16H13ClN2O2/c1-21-14-4-2-3-13-15(14)10(8-19-13)16(20)9-5-6-11(17)12(18)7-9/h2-8,19H,18H2,1H3. The fourth-order valence-electron chi connectivity index (χ4n) is 2.34. The molecule has 1 aromatic heterocycles. The van der Waals surface area contributed by atoms with Crippen molar-refractivity contribution in [3.05, 3.63) is 58.7 Å². The Morgan fingerprint density at radius 2 is 2.10 bits per heavy atom. The predicted molar refractivity (Wildman–Crippen MR) is 84.1 cm³/mol. The molecule has 0 atom stereocenters. The van der Waals surface area contributed by atoms with E-state index in [1.165, 1.54) is 0 Å². The van der Waals surface area contributed by atoms with Crippen LogP contribution in [0.3, 0.4) is 0 Å². The number of H-pyrrole nitrogens is 1. The van der Waals surface area contributed by atoms with Gasteiger partial charge in [0.15, 0.2) is 5.78 Å². The molecule has 5 heteroatoms. The summed E-state index contributed by atoms with van der Waals surface area (Å²) >= 11 is 5.89. The molecule has 0 aliphatic heterocycles. The minimum Gasteiger partial charge on any atom is -0.496 e. The highest BCUT2D eigenvalue weighted by molar-refractivity contribution is 6.33. The Morgan fingerprint density at radius 1 is 1.29 bits per heavy atom. The van der Waals surface area contributed by atoms with Crippen LogP contribution in [0.25, 0.3) is 10.9 Å². The largest absolute Gasteiger partial charge is 0.496 e. The molecule has 0 bridgehead atoms. The summed E-state index contributed by atoms with van der Waals surface area (Å²) in [7, 11) is 1.58. The maximum absolute atomic E-state index is 12.7. The summed E-state index contributed by atoms with van der Waals surface area (Å²) in [6.07, 6.45) is 1.68. The number of aromatic nitrogens is 1. The second-order valence-electron chi connectivity index (χ2n) is 4.65. The smallest absolute Gasteiger partial charge is 0.195 e. The predicted octanol–water partition coefficient (Wildman–Crippen LogP) is 3.64. The Kier molecular flexibility index (Phi) is 3.31. The van der Waals surface area contributed by atoms with Crippen molar-refractivity contribution in [3.63, 3.8) is 0 Å². The van der Waals surface area contributed by atoms with E-state index in [2.05, 4.69) is 4.98 Å². The summed E-state index contributed by atoms with van der Waals surface area (Å²) in [5, 5.41) is 1.20. The van der Waals surface area contributed by atoms with Crippen molar-refractivity contribution in [2.24, 2.45) is 0 Å². The first-order valence-electron chi connectivity index (χ1n) is 6.35. The van der Waals surface area contributed by atoms with Crippen LogP contribution >= 0.6 is 11.6 Å². The van der Waals surface area contributed by atoms with Crippen molar-refractivity contribution < 1.29 is 9.53 Å². The fraction of sp³-hybridized carbons (Fsp3) is 0.0625. The van der Waals surface area contributed by atoms with Crippen molar-refractivity contribution in [2.75, 3.05) is 12.8 Å². The minimum atomic E-state index is -0.130. The third-order valence-electron chi connectivity index (χ3n) is 3.39. The molecule has 0 spiro atoms. The van der Waals surface area contributed by atoms with Crippen molar-refractivity contribution in [2.45, 2.75) is 0 Å². The van der Waals surface area contributed by atoms with Crippen LogP contribution in [0.4, 0.5) is 5.69 Å². The van der Waals surface area contributed by atoms with Crippen LogP contribution in [0, 0.1) is 0 Å². The zero-order valence-electron chi connectivity index (χ0n) is 11.3. The average molecular weight is 301 g/mol. The minimum absolute atomic E-state index is 0.130. The van der Waals surface area contributed by atoms with Gasteiger partial charge >= 0.3 is 0 Å². The summed E-state index contributed by atoms with van der Waals surface area (Å²) in [4.78, 5) is 15.8. The van der Waals surface area contributed by atoms with Gasteiger partial charge in [-0.2, -0.15) is 0 Å². The molecule has 4 nitrogen and oxygen atoms in total. The third-order valence-corrected chi connectivity index (χ3v) is 3.73. The van der Waals surface area contributed by atoms with Gasteiger partial charge in [-0.15, -0.1) is 0 Å². The summed E-state index contributed by atoms with van der Waals surface area (Å²) in [6.45, 7) is 0. The van der Waals surface area contributed by atoms with E-state index in [1.54, 1.807) is 31.5 Å². The van der Waals surface area contributed by atoms with Crippen molar-refractivity contribution in [1.29, 1.82) is 0 Å². The molecule has 0 saturated heterocycles. The molecule has 0 amide bonds. The summed E-state index contributed by atoms with van der Waals surface area (Å²) in [5.74, 6) is 0.521. The van der Waals surface area contributed by atoms with Gasteiger partial charge in [0.05, 0.1) is 28.8 Å². The van der Waals surface area contributed by atoms with Crippen molar-refractivity contribution in [1.82, 2.24) is 4.98 Å². The number of carbonyl (C=O) groups is 1.